The molecule has 0 aliphatic heterocycles. The first-order valence-corrected chi connectivity index (χ1v) is 7.42. The van der Waals surface area contributed by atoms with Gasteiger partial charge in [0.05, 0.1) is 13.7 Å². The molecule has 5 heteroatoms. The minimum Gasteiger partial charge on any atom is -0.497 e. The van der Waals surface area contributed by atoms with Crippen LogP contribution in [-0.2, 0) is 24.4 Å². The van der Waals surface area contributed by atoms with E-state index in [9.17, 15) is 4.79 Å². The Morgan fingerprint density at radius 1 is 0.913 bits per heavy atom. The van der Waals surface area contributed by atoms with Crippen LogP contribution in [0.25, 0.3) is 0 Å². The Labute approximate surface area is 136 Å². The van der Waals surface area contributed by atoms with Crippen molar-refractivity contribution >= 4 is 6.03 Å². The standard InChI is InChI=1S/C18H22N2O3/c1-22-13-16-5-3-4-15(10-16)12-20-18(21)19-11-14-6-8-17(23-2)9-7-14/h3-10H,11-13H2,1-2H3,(H2,19,20,21). The zero-order valence-electron chi connectivity index (χ0n) is 13.5. The largest absolute Gasteiger partial charge is 0.497 e. The molecule has 0 aliphatic carbocycles. The van der Waals surface area contributed by atoms with E-state index in [2.05, 4.69) is 10.6 Å². The Bertz CT molecular complexity index is 626. The summed E-state index contributed by atoms with van der Waals surface area (Å²) < 4.78 is 10.2. The summed E-state index contributed by atoms with van der Waals surface area (Å²) in [5, 5.41) is 5.68. The quantitative estimate of drug-likeness (QED) is 0.826. The van der Waals surface area contributed by atoms with E-state index in [4.69, 9.17) is 9.47 Å². The van der Waals surface area contributed by atoms with Gasteiger partial charge in [-0.3, -0.25) is 0 Å². The van der Waals surface area contributed by atoms with Crippen molar-refractivity contribution in [3.05, 3.63) is 65.2 Å². The van der Waals surface area contributed by atoms with Crippen molar-refractivity contribution in [2.45, 2.75) is 19.7 Å². The maximum absolute atomic E-state index is 11.9. The number of benzene rings is 2. The predicted molar refractivity (Wildman–Crippen MR) is 89.2 cm³/mol. The molecule has 0 aromatic heterocycles. The van der Waals surface area contributed by atoms with E-state index < -0.39 is 0 Å². The van der Waals surface area contributed by atoms with Gasteiger partial charge in [0.25, 0.3) is 0 Å². The van der Waals surface area contributed by atoms with Crippen molar-refractivity contribution in [3.8, 4) is 5.75 Å². The number of hydrogen-bond donors (Lipinski definition) is 2. The predicted octanol–water partition coefficient (Wildman–Crippen LogP) is 2.84. The summed E-state index contributed by atoms with van der Waals surface area (Å²) in [4.78, 5) is 11.9. The first-order chi connectivity index (χ1) is 11.2. The summed E-state index contributed by atoms with van der Waals surface area (Å²) in [6, 6.07) is 15.3. The average Bonchev–Trinajstić information content (AvgIpc) is 2.59. The number of carbonyl (C=O) groups excluding carboxylic acids is 1. The molecule has 0 spiro atoms. The molecular weight excluding hydrogens is 292 g/mol. The number of hydrogen-bond acceptors (Lipinski definition) is 3. The van der Waals surface area contributed by atoms with E-state index >= 15 is 0 Å². The third-order valence-corrected chi connectivity index (χ3v) is 3.37. The van der Waals surface area contributed by atoms with E-state index in [0.717, 1.165) is 22.4 Å². The van der Waals surface area contributed by atoms with Gasteiger partial charge in [-0.25, -0.2) is 4.79 Å². The van der Waals surface area contributed by atoms with Crippen LogP contribution in [0.5, 0.6) is 5.75 Å². The van der Waals surface area contributed by atoms with Crippen molar-refractivity contribution in [1.29, 1.82) is 0 Å². The van der Waals surface area contributed by atoms with Crippen molar-refractivity contribution in [3.63, 3.8) is 0 Å². The van der Waals surface area contributed by atoms with Crippen LogP contribution in [0, 0.1) is 0 Å². The van der Waals surface area contributed by atoms with Gasteiger partial charge in [-0.1, -0.05) is 36.4 Å². The second-order valence-electron chi connectivity index (χ2n) is 5.14. The highest BCUT2D eigenvalue weighted by Gasteiger charge is 2.02. The molecule has 0 saturated carbocycles. The zero-order valence-corrected chi connectivity index (χ0v) is 13.5. The molecular formula is C18H22N2O3. The summed E-state index contributed by atoms with van der Waals surface area (Å²) in [7, 11) is 3.29. The first-order valence-electron chi connectivity index (χ1n) is 7.42. The van der Waals surface area contributed by atoms with Crippen LogP contribution in [0.4, 0.5) is 4.79 Å². The van der Waals surface area contributed by atoms with E-state index in [1.54, 1.807) is 14.2 Å². The normalized spacial score (nSPS) is 10.2. The smallest absolute Gasteiger partial charge is 0.315 e. The van der Waals surface area contributed by atoms with Crippen LogP contribution in [0.15, 0.2) is 48.5 Å². The van der Waals surface area contributed by atoms with Crippen LogP contribution in [0.3, 0.4) is 0 Å². The fourth-order valence-corrected chi connectivity index (χ4v) is 2.17. The van der Waals surface area contributed by atoms with E-state index in [-0.39, 0.29) is 6.03 Å². The lowest BCUT2D eigenvalue weighted by Gasteiger charge is -2.09. The molecule has 23 heavy (non-hydrogen) atoms. The first kappa shape index (κ1) is 16.8. The number of methoxy groups -OCH3 is 2. The highest BCUT2D eigenvalue weighted by atomic mass is 16.5. The van der Waals surface area contributed by atoms with Crippen LogP contribution < -0.4 is 15.4 Å². The number of nitrogens with one attached hydrogen (secondary N) is 2. The lowest BCUT2D eigenvalue weighted by molar-refractivity contribution is 0.185. The van der Waals surface area contributed by atoms with Crippen LogP contribution in [0.2, 0.25) is 0 Å². The highest BCUT2D eigenvalue weighted by molar-refractivity contribution is 5.73. The maximum Gasteiger partial charge on any atom is 0.315 e. The number of rotatable bonds is 7. The van der Waals surface area contributed by atoms with E-state index in [1.807, 2.05) is 48.5 Å². The van der Waals surface area contributed by atoms with Crippen LogP contribution in [-0.4, -0.2) is 20.3 Å². The molecule has 2 rings (SSSR count). The number of carbonyl (C=O) groups is 1. The SMILES string of the molecule is COCc1cccc(CNC(=O)NCc2ccc(OC)cc2)c1. The molecule has 2 N–H and O–H groups in total. The van der Waals surface area contributed by atoms with E-state index in [0.29, 0.717) is 19.7 Å². The fraction of sp³-hybridized carbons (Fsp3) is 0.278. The Morgan fingerprint density at radius 2 is 1.57 bits per heavy atom. The van der Waals surface area contributed by atoms with Gasteiger partial charge in [0, 0.05) is 20.2 Å². The minimum atomic E-state index is -0.196. The molecule has 5 nitrogen and oxygen atoms in total. The topological polar surface area (TPSA) is 59.6 Å². The molecule has 0 saturated heterocycles. The summed E-state index contributed by atoms with van der Waals surface area (Å²) in [6.45, 7) is 1.52. The summed E-state index contributed by atoms with van der Waals surface area (Å²) in [5.74, 6) is 0.800. The van der Waals surface area contributed by atoms with Crippen molar-refractivity contribution in [2.75, 3.05) is 14.2 Å². The Kier molecular flexibility index (Phi) is 6.44. The molecule has 2 aromatic rings. The van der Waals surface area contributed by atoms with Gasteiger partial charge < -0.3 is 20.1 Å². The second-order valence-corrected chi connectivity index (χ2v) is 5.14. The minimum absolute atomic E-state index is 0.196. The summed E-state index contributed by atoms with van der Waals surface area (Å²) in [5.41, 5.74) is 3.15. The molecule has 0 atom stereocenters. The summed E-state index contributed by atoms with van der Waals surface area (Å²) >= 11 is 0. The molecule has 2 amide bonds. The Morgan fingerprint density at radius 3 is 2.22 bits per heavy atom. The van der Waals surface area contributed by atoms with Gasteiger partial charge in [0.15, 0.2) is 0 Å². The van der Waals surface area contributed by atoms with Gasteiger partial charge >= 0.3 is 6.03 Å². The van der Waals surface area contributed by atoms with Crippen molar-refractivity contribution in [1.82, 2.24) is 10.6 Å². The summed E-state index contributed by atoms with van der Waals surface area (Å²) in [6.07, 6.45) is 0. The second kappa shape index (κ2) is 8.80. The monoisotopic (exact) mass is 314 g/mol. The Balaban J connectivity index is 1.77. The average molecular weight is 314 g/mol. The molecule has 0 fully saturated rings. The number of ether oxygens (including phenoxy) is 2. The third-order valence-electron chi connectivity index (χ3n) is 3.37. The van der Waals surface area contributed by atoms with Crippen LogP contribution >= 0.6 is 0 Å². The highest BCUT2D eigenvalue weighted by Crippen LogP contribution is 2.11. The van der Waals surface area contributed by atoms with E-state index in [1.165, 1.54) is 0 Å². The molecule has 122 valence electrons. The molecule has 0 radical (unpaired) electrons. The zero-order chi connectivity index (χ0) is 16.5. The van der Waals surface area contributed by atoms with Gasteiger partial charge in [0.1, 0.15) is 5.75 Å². The van der Waals surface area contributed by atoms with Crippen molar-refractivity contribution in [2.24, 2.45) is 0 Å². The number of urea groups is 1. The molecule has 0 unspecified atom stereocenters. The molecule has 0 bridgehead atoms. The molecule has 0 aliphatic rings. The maximum atomic E-state index is 11.9. The lowest BCUT2D eigenvalue weighted by atomic mass is 10.1. The van der Waals surface area contributed by atoms with Gasteiger partial charge in [-0.2, -0.15) is 0 Å². The molecule has 0 heterocycles. The third kappa shape index (κ3) is 5.64. The van der Waals surface area contributed by atoms with Crippen molar-refractivity contribution < 1.29 is 14.3 Å². The van der Waals surface area contributed by atoms with Crippen LogP contribution in [0.1, 0.15) is 16.7 Å². The number of amides is 2. The van der Waals surface area contributed by atoms with Gasteiger partial charge in [-0.15, -0.1) is 0 Å². The molecule has 2 aromatic carbocycles. The fourth-order valence-electron chi connectivity index (χ4n) is 2.17. The Hall–Kier alpha value is -2.53. The van der Waals surface area contributed by atoms with Gasteiger partial charge in [-0.05, 0) is 28.8 Å². The van der Waals surface area contributed by atoms with Gasteiger partial charge in [0.2, 0.25) is 0 Å². The lowest BCUT2D eigenvalue weighted by Crippen LogP contribution is -2.34.